The predicted molar refractivity (Wildman–Crippen MR) is 127 cm³/mol. The van der Waals surface area contributed by atoms with Gasteiger partial charge < -0.3 is 0 Å². The standard InChI is InChI=1S/C26H23F3N4O2S/c1-26-14-17-15-31-33(23-6-4-20(27)5-7-23)25(17)10-18(26)2-3-19(26)16-32(9-8-30)36(34,35)24-12-21(28)11-22(29)13-24/h4-7,10-13,15,19H,2-3,9,14,16H2,1H3/t19-,26+/m1/s1. The van der Waals surface area contributed by atoms with Crippen LogP contribution in [0.1, 0.15) is 31.0 Å². The van der Waals surface area contributed by atoms with Gasteiger partial charge in [-0.2, -0.15) is 14.7 Å². The lowest BCUT2D eigenvalue weighted by Gasteiger charge is -2.37. The molecule has 1 fully saturated rings. The predicted octanol–water partition coefficient (Wildman–Crippen LogP) is 4.86. The van der Waals surface area contributed by atoms with Crippen molar-refractivity contribution < 1.29 is 21.6 Å². The number of hydrogen-bond acceptors (Lipinski definition) is 4. The molecule has 2 aromatic carbocycles. The lowest BCUT2D eigenvalue weighted by Crippen LogP contribution is -2.41. The second-order valence-corrected chi connectivity index (χ2v) is 11.4. The fourth-order valence-corrected chi connectivity index (χ4v) is 6.84. The molecule has 0 amide bonds. The van der Waals surface area contributed by atoms with E-state index in [-0.39, 0.29) is 23.7 Å². The van der Waals surface area contributed by atoms with Gasteiger partial charge in [0.15, 0.2) is 0 Å². The van der Waals surface area contributed by atoms with Crippen LogP contribution in [0.15, 0.2) is 59.1 Å². The van der Waals surface area contributed by atoms with E-state index in [1.54, 1.807) is 23.0 Å². The summed E-state index contributed by atoms with van der Waals surface area (Å²) in [6.07, 6.45) is 5.90. The van der Waals surface area contributed by atoms with E-state index in [0.29, 0.717) is 18.9 Å². The Bertz CT molecular complexity index is 1490. The topological polar surface area (TPSA) is 79.0 Å². The molecule has 1 aromatic heterocycles. The normalized spacial score (nSPS) is 21.1. The van der Waals surface area contributed by atoms with Crippen LogP contribution in [0.3, 0.4) is 0 Å². The van der Waals surface area contributed by atoms with Crippen molar-refractivity contribution in [2.75, 3.05) is 13.1 Å². The van der Waals surface area contributed by atoms with Crippen molar-refractivity contribution in [1.82, 2.24) is 14.1 Å². The first-order chi connectivity index (χ1) is 17.1. The summed E-state index contributed by atoms with van der Waals surface area (Å²) in [4.78, 5) is -0.513. The molecule has 1 heterocycles. The number of nitrogens with zero attached hydrogens (tertiary/aromatic N) is 4. The van der Waals surface area contributed by atoms with E-state index < -0.39 is 33.1 Å². The Kier molecular flexibility index (Phi) is 6.01. The van der Waals surface area contributed by atoms with Crippen molar-refractivity contribution in [3.63, 3.8) is 0 Å². The molecule has 10 heteroatoms. The van der Waals surface area contributed by atoms with E-state index in [4.69, 9.17) is 0 Å². The van der Waals surface area contributed by atoms with Crippen molar-refractivity contribution in [2.24, 2.45) is 11.3 Å². The van der Waals surface area contributed by atoms with Crippen molar-refractivity contribution >= 4 is 16.1 Å². The third kappa shape index (κ3) is 4.12. The first kappa shape index (κ1) is 24.3. The summed E-state index contributed by atoms with van der Waals surface area (Å²) >= 11 is 0. The van der Waals surface area contributed by atoms with Gasteiger partial charge in [0.25, 0.3) is 0 Å². The number of sulfonamides is 1. The number of halogens is 3. The summed E-state index contributed by atoms with van der Waals surface area (Å²) in [5, 5.41) is 13.8. The highest BCUT2D eigenvalue weighted by Crippen LogP contribution is 2.53. The maximum Gasteiger partial charge on any atom is 0.244 e. The lowest BCUT2D eigenvalue weighted by atomic mass is 9.70. The van der Waals surface area contributed by atoms with Crippen LogP contribution < -0.4 is 0 Å². The highest BCUT2D eigenvalue weighted by atomic mass is 32.2. The molecular weight excluding hydrogens is 489 g/mol. The number of hydrogen-bond donors (Lipinski definition) is 0. The molecule has 5 rings (SSSR count). The molecule has 2 aliphatic carbocycles. The summed E-state index contributed by atoms with van der Waals surface area (Å²) in [5.74, 6) is -2.45. The van der Waals surface area contributed by atoms with E-state index in [9.17, 15) is 26.9 Å². The second kappa shape index (κ2) is 8.91. The molecule has 0 bridgehead atoms. The van der Waals surface area contributed by atoms with Gasteiger partial charge in [-0.05, 0) is 78.6 Å². The summed E-state index contributed by atoms with van der Waals surface area (Å²) in [7, 11) is -4.29. The van der Waals surface area contributed by atoms with E-state index in [1.807, 2.05) is 6.07 Å². The molecule has 0 unspecified atom stereocenters. The van der Waals surface area contributed by atoms with Gasteiger partial charge in [-0.25, -0.2) is 26.3 Å². The molecule has 1 saturated carbocycles. The lowest BCUT2D eigenvalue weighted by molar-refractivity contribution is 0.227. The molecule has 3 aromatic rings. The van der Waals surface area contributed by atoms with E-state index in [0.717, 1.165) is 45.4 Å². The molecule has 36 heavy (non-hydrogen) atoms. The number of fused-ring (bicyclic) bond motifs is 2. The molecule has 0 spiro atoms. The SMILES string of the molecule is C[C@]12Cc3cnn(-c4ccc(F)cc4)c3C=C1CC[C@@H]2CN(CC#N)S(=O)(=O)c1cc(F)cc(F)c1. The molecule has 6 nitrogen and oxygen atoms in total. The van der Waals surface area contributed by atoms with Gasteiger partial charge in [-0.15, -0.1) is 0 Å². The first-order valence-electron chi connectivity index (χ1n) is 11.5. The largest absolute Gasteiger partial charge is 0.244 e. The van der Waals surface area contributed by atoms with Crippen LogP contribution in [-0.4, -0.2) is 35.6 Å². The smallest absolute Gasteiger partial charge is 0.233 e. The van der Waals surface area contributed by atoms with Gasteiger partial charge in [0.1, 0.15) is 24.0 Å². The quantitative estimate of drug-likeness (QED) is 0.442. The van der Waals surface area contributed by atoms with Gasteiger partial charge in [0.05, 0.1) is 28.5 Å². The average Bonchev–Trinajstić information content (AvgIpc) is 3.36. The molecule has 186 valence electrons. The monoisotopic (exact) mass is 512 g/mol. The fourth-order valence-electron chi connectivity index (χ4n) is 5.41. The Hall–Kier alpha value is -3.42. The molecular formula is C26H23F3N4O2S. The summed E-state index contributed by atoms with van der Waals surface area (Å²) in [5.41, 5.74) is 3.40. The van der Waals surface area contributed by atoms with Gasteiger partial charge in [-0.3, -0.25) is 0 Å². The zero-order valence-electron chi connectivity index (χ0n) is 19.5. The highest BCUT2D eigenvalue weighted by molar-refractivity contribution is 7.89. The molecule has 0 N–H and O–H groups in total. The molecule has 2 aliphatic rings. The zero-order valence-corrected chi connectivity index (χ0v) is 20.3. The van der Waals surface area contributed by atoms with E-state index in [2.05, 4.69) is 18.1 Å². The van der Waals surface area contributed by atoms with E-state index >= 15 is 0 Å². The zero-order chi connectivity index (χ0) is 25.7. The Morgan fingerprint density at radius 2 is 1.83 bits per heavy atom. The minimum atomic E-state index is -4.29. The van der Waals surface area contributed by atoms with Crippen molar-refractivity contribution in [3.05, 3.63) is 82.9 Å². The average molecular weight is 513 g/mol. The molecule has 0 saturated heterocycles. The highest BCUT2D eigenvalue weighted by Gasteiger charge is 2.47. The fraction of sp³-hybridized carbons (Fsp3) is 0.308. The third-order valence-electron chi connectivity index (χ3n) is 7.37. The van der Waals surface area contributed by atoms with Crippen LogP contribution in [0.5, 0.6) is 0 Å². The number of aromatic nitrogens is 2. The minimum absolute atomic E-state index is 0.0449. The second-order valence-electron chi connectivity index (χ2n) is 9.50. The number of rotatable bonds is 6. The summed E-state index contributed by atoms with van der Waals surface area (Å²) in [6.45, 7) is 1.69. The maximum absolute atomic E-state index is 13.8. The van der Waals surface area contributed by atoms with Crippen LogP contribution in [0.4, 0.5) is 13.2 Å². The van der Waals surface area contributed by atoms with Gasteiger partial charge in [0.2, 0.25) is 10.0 Å². The summed E-state index contributed by atoms with van der Waals surface area (Å²) < 4.78 is 70.2. The van der Waals surface area contributed by atoms with E-state index in [1.165, 1.54) is 12.1 Å². The first-order valence-corrected chi connectivity index (χ1v) is 12.9. The Balaban J connectivity index is 1.45. The number of allylic oxidation sites excluding steroid dienone is 1. The van der Waals surface area contributed by atoms with Gasteiger partial charge >= 0.3 is 0 Å². The number of benzene rings is 2. The van der Waals surface area contributed by atoms with Crippen LogP contribution in [-0.2, 0) is 16.4 Å². The van der Waals surface area contributed by atoms with Crippen molar-refractivity contribution in [1.29, 1.82) is 5.26 Å². The van der Waals surface area contributed by atoms with Gasteiger partial charge in [-0.1, -0.05) is 12.5 Å². The van der Waals surface area contributed by atoms with Crippen LogP contribution in [0, 0.1) is 40.1 Å². The van der Waals surface area contributed by atoms with Gasteiger partial charge in [0, 0.05) is 12.6 Å². The maximum atomic E-state index is 13.8. The van der Waals surface area contributed by atoms with Crippen LogP contribution in [0.25, 0.3) is 11.8 Å². The molecule has 0 aliphatic heterocycles. The van der Waals surface area contributed by atoms with Crippen LogP contribution in [0.2, 0.25) is 0 Å². The van der Waals surface area contributed by atoms with Crippen LogP contribution >= 0.6 is 0 Å². The Labute approximate surface area is 207 Å². The minimum Gasteiger partial charge on any atom is -0.233 e. The van der Waals surface area contributed by atoms with Crippen molar-refractivity contribution in [2.45, 2.75) is 31.1 Å². The summed E-state index contributed by atoms with van der Waals surface area (Å²) in [6, 6.07) is 10.1. The molecule has 0 radical (unpaired) electrons. The Morgan fingerprint density at radius 1 is 1.14 bits per heavy atom. The number of nitriles is 1. The third-order valence-corrected chi connectivity index (χ3v) is 9.16. The van der Waals surface area contributed by atoms with Crippen molar-refractivity contribution in [3.8, 4) is 11.8 Å². The molecule has 2 atom stereocenters. The Morgan fingerprint density at radius 3 is 2.50 bits per heavy atom.